The van der Waals surface area contributed by atoms with Gasteiger partial charge in [0.1, 0.15) is 5.82 Å². The Balaban J connectivity index is 0.000000461. The van der Waals surface area contributed by atoms with E-state index in [-0.39, 0.29) is 5.82 Å². The van der Waals surface area contributed by atoms with Crippen molar-refractivity contribution in [2.24, 2.45) is 5.73 Å². The maximum atomic E-state index is 14.8. The van der Waals surface area contributed by atoms with E-state index < -0.39 is 0 Å². The summed E-state index contributed by atoms with van der Waals surface area (Å²) >= 11 is 0. The lowest BCUT2D eigenvalue weighted by molar-refractivity contribution is 0.629. The van der Waals surface area contributed by atoms with Gasteiger partial charge >= 0.3 is 0 Å². The van der Waals surface area contributed by atoms with Crippen molar-refractivity contribution in [2.75, 3.05) is 0 Å². The molecule has 0 radical (unpaired) electrons. The first-order chi connectivity index (χ1) is 14.3. The highest BCUT2D eigenvalue weighted by molar-refractivity contribution is 6.14. The molecule has 0 fully saturated rings. The van der Waals surface area contributed by atoms with Gasteiger partial charge in [-0.05, 0) is 43.5 Å². The molecule has 0 saturated heterocycles. The van der Waals surface area contributed by atoms with Crippen LogP contribution >= 0.6 is 0 Å². The van der Waals surface area contributed by atoms with Gasteiger partial charge in [-0.2, -0.15) is 0 Å². The van der Waals surface area contributed by atoms with Crippen LogP contribution in [0.25, 0.3) is 27.5 Å². The average molecular weight is 401 g/mol. The van der Waals surface area contributed by atoms with Gasteiger partial charge in [0, 0.05) is 28.6 Å². The molecule has 0 aliphatic heterocycles. The largest absolute Gasteiger partial charge is 0.399 e. The molecule has 0 amide bonds. The van der Waals surface area contributed by atoms with Crippen molar-refractivity contribution in [3.8, 4) is 0 Å². The molecule has 30 heavy (non-hydrogen) atoms. The van der Waals surface area contributed by atoms with Gasteiger partial charge in [0.05, 0.1) is 11.0 Å². The average Bonchev–Trinajstić information content (AvgIpc) is 3.07. The van der Waals surface area contributed by atoms with E-state index in [0.29, 0.717) is 17.8 Å². The summed E-state index contributed by atoms with van der Waals surface area (Å²) in [5, 5.41) is 1.88. The number of nitrogens with zero attached hydrogens (tertiary/aromatic N) is 1. The van der Waals surface area contributed by atoms with Crippen LogP contribution < -0.4 is 5.73 Å². The van der Waals surface area contributed by atoms with E-state index in [1.54, 1.807) is 0 Å². The molecule has 0 saturated carbocycles. The Morgan fingerprint density at radius 2 is 1.63 bits per heavy atom. The van der Waals surface area contributed by atoms with Crippen LogP contribution in [0.15, 0.2) is 79.4 Å². The first-order valence-electron chi connectivity index (χ1n) is 10.2. The quantitative estimate of drug-likeness (QED) is 0.361. The Hall–Kier alpha value is -3.33. The lowest BCUT2D eigenvalue weighted by Crippen LogP contribution is -2.01. The van der Waals surface area contributed by atoms with Crippen molar-refractivity contribution < 1.29 is 4.39 Å². The fourth-order valence-electron chi connectivity index (χ4n) is 3.59. The van der Waals surface area contributed by atoms with Crippen molar-refractivity contribution in [3.05, 3.63) is 102 Å². The molecule has 4 rings (SSSR count). The van der Waals surface area contributed by atoms with Crippen molar-refractivity contribution in [3.63, 3.8) is 0 Å². The van der Waals surface area contributed by atoms with Crippen LogP contribution in [0.3, 0.4) is 0 Å². The number of hydrogen-bond acceptors (Lipinski definition) is 1. The summed E-state index contributed by atoms with van der Waals surface area (Å²) in [6.45, 7) is 14.3. The molecule has 0 unspecified atom stereocenters. The van der Waals surface area contributed by atoms with Crippen molar-refractivity contribution in [1.29, 1.82) is 0 Å². The highest BCUT2D eigenvalue weighted by atomic mass is 19.1. The van der Waals surface area contributed by atoms with Gasteiger partial charge in [-0.15, -0.1) is 6.58 Å². The lowest BCUT2D eigenvalue weighted by atomic mass is 10.0. The normalized spacial score (nSPS) is 10.7. The molecule has 154 valence electrons. The molecule has 2 nitrogen and oxygen atoms in total. The summed E-state index contributed by atoms with van der Waals surface area (Å²) in [6.07, 6.45) is 1.11. The van der Waals surface area contributed by atoms with Crippen LogP contribution in [0.4, 0.5) is 4.39 Å². The number of benzene rings is 3. The summed E-state index contributed by atoms with van der Waals surface area (Å²) < 4.78 is 16.9. The topological polar surface area (TPSA) is 30.9 Å². The van der Waals surface area contributed by atoms with Crippen LogP contribution in [0.1, 0.15) is 37.0 Å². The third-order valence-electron chi connectivity index (χ3n) is 5.32. The van der Waals surface area contributed by atoms with E-state index in [2.05, 4.69) is 32.2 Å². The Bertz CT molecular complexity index is 1220. The monoisotopic (exact) mass is 400 g/mol. The standard InChI is InChI=1S/C22H19FN2.C5H10/c1-14-11-12-18(23)22-20(14)21-17(15(2)24)9-6-10-19(21)25(22)13-16-7-4-3-5-8-16;1-4-5(2)3/h3-12H,2,13,24H2,1H3;2,4H2,1,3H3. The Morgan fingerprint density at radius 1 is 0.967 bits per heavy atom. The Morgan fingerprint density at radius 3 is 2.23 bits per heavy atom. The molecular weight excluding hydrogens is 371 g/mol. The highest BCUT2D eigenvalue weighted by Crippen LogP contribution is 2.37. The summed E-state index contributed by atoms with van der Waals surface area (Å²) in [5.74, 6) is -0.221. The molecule has 0 spiro atoms. The van der Waals surface area contributed by atoms with Crippen LogP contribution in [0, 0.1) is 12.7 Å². The molecule has 1 aromatic heterocycles. The van der Waals surface area contributed by atoms with E-state index >= 15 is 0 Å². The summed E-state index contributed by atoms with van der Waals surface area (Å²) in [7, 11) is 0. The van der Waals surface area contributed by atoms with Crippen LogP contribution in [0.5, 0.6) is 0 Å². The van der Waals surface area contributed by atoms with E-state index in [9.17, 15) is 4.39 Å². The highest BCUT2D eigenvalue weighted by Gasteiger charge is 2.19. The minimum Gasteiger partial charge on any atom is -0.399 e. The van der Waals surface area contributed by atoms with E-state index in [1.165, 1.54) is 11.6 Å². The van der Waals surface area contributed by atoms with Crippen LogP contribution in [-0.4, -0.2) is 4.57 Å². The molecule has 0 aliphatic rings. The number of halogens is 1. The first-order valence-corrected chi connectivity index (χ1v) is 10.2. The van der Waals surface area contributed by atoms with Gasteiger partial charge in [-0.1, -0.05) is 67.6 Å². The first kappa shape index (κ1) is 21.4. The maximum absolute atomic E-state index is 14.8. The molecular formula is C27H29FN2. The number of aromatic nitrogens is 1. The lowest BCUT2D eigenvalue weighted by Gasteiger charge is -2.09. The van der Waals surface area contributed by atoms with E-state index in [1.807, 2.05) is 60.9 Å². The molecule has 2 N–H and O–H groups in total. The second-order valence-corrected chi connectivity index (χ2v) is 7.70. The molecule has 4 aromatic rings. The third-order valence-corrected chi connectivity index (χ3v) is 5.32. The number of allylic oxidation sites excluding steroid dienone is 1. The number of rotatable bonds is 4. The van der Waals surface area contributed by atoms with Crippen molar-refractivity contribution in [1.82, 2.24) is 4.57 Å². The fourth-order valence-corrected chi connectivity index (χ4v) is 3.59. The van der Waals surface area contributed by atoms with Gasteiger partial charge < -0.3 is 10.3 Å². The molecule has 3 heteroatoms. The van der Waals surface area contributed by atoms with Gasteiger partial charge in [-0.3, -0.25) is 0 Å². The van der Waals surface area contributed by atoms with Crippen molar-refractivity contribution in [2.45, 2.75) is 33.7 Å². The van der Waals surface area contributed by atoms with Gasteiger partial charge in [0.25, 0.3) is 0 Å². The van der Waals surface area contributed by atoms with Gasteiger partial charge in [0.2, 0.25) is 0 Å². The van der Waals surface area contributed by atoms with Crippen molar-refractivity contribution >= 4 is 27.5 Å². The number of nitrogens with two attached hydrogens (primary N) is 1. The Kier molecular flexibility index (Phi) is 6.41. The van der Waals surface area contributed by atoms with Crippen LogP contribution in [-0.2, 0) is 6.54 Å². The predicted molar refractivity (Wildman–Crippen MR) is 128 cm³/mol. The number of fused-ring (bicyclic) bond motifs is 3. The third kappa shape index (κ3) is 4.16. The molecule has 0 atom stereocenters. The minimum atomic E-state index is -0.221. The maximum Gasteiger partial charge on any atom is 0.147 e. The zero-order valence-corrected chi connectivity index (χ0v) is 18.0. The second-order valence-electron chi connectivity index (χ2n) is 7.70. The summed E-state index contributed by atoms with van der Waals surface area (Å²) in [4.78, 5) is 0. The minimum absolute atomic E-state index is 0.221. The van der Waals surface area contributed by atoms with Crippen LogP contribution in [0.2, 0.25) is 0 Å². The molecule has 0 aliphatic carbocycles. The Labute approximate surface area is 178 Å². The van der Waals surface area contributed by atoms with E-state index in [0.717, 1.165) is 39.4 Å². The second kappa shape index (κ2) is 9.00. The summed E-state index contributed by atoms with van der Waals surface area (Å²) in [6, 6.07) is 19.4. The van der Waals surface area contributed by atoms with E-state index in [4.69, 9.17) is 5.73 Å². The zero-order valence-electron chi connectivity index (χ0n) is 18.0. The smallest absolute Gasteiger partial charge is 0.147 e. The molecule has 3 aromatic carbocycles. The van der Waals surface area contributed by atoms with Gasteiger partial charge in [-0.25, -0.2) is 4.39 Å². The number of aryl methyl sites for hydroxylation is 1. The predicted octanol–water partition coefficient (Wildman–Crippen LogP) is 7.19. The summed E-state index contributed by atoms with van der Waals surface area (Å²) in [5.41, 5.74) is 12.4. The zero-order chi connectivity index (χ0) is 21.8. The molecule has 1 heterocycles. The van der Waals surface area contributed by atoms with Gasteiger partial charge in [0.15, 0.2) is 0 Å². The fraction of sp³-hybridized carbons (Fsp3) is 0.185. The SMILES string of the molecule is C=C(C)CC.C=C(N)c1cccc2c1c1c(C)ccc(F)c1n2Cc1ccccc1. The number of hydrogen-bond donors (Lipinski definition) is 1. The molecule has 0 bridgehead atoms.